The lowest BCUT2D eigenvalue weighted by atomic mass is 10.5. The Morgan fingerprint density at radius 2 is 2.00 bits per heavy atom. The average Bonchev–Trinajstić information content (AvgIpc) is 2.59. The molecule has 0 aliphatic carbocycles. The van der Waals surface area contributed by atoms with Gasteiger partial charge in [0.1, 0.15) is 0 Å². The molecule has 12 heavy (non-hydrogen) atoms. The first-order valence-electron chi connectivity index (χ1n) is 3.02. The topological polar surface area (TPSA) is 93.0 Å². The summed E-state index contributed by atoms with van der Waals surface area (Å²) in [4.78, 5) is -1.15. The predicted molar refractivity (Wildman–Crippen MR) is 39.2 cm³/mol. The number of aryl methyl sites for hydroxylation is 1. The minimum atomic E-state index is -1.15. The van der Waals surface area contributed by atoms with Crippen LogP contribution in [0.1, 0.15) is 5.82 Å². The molecule has 0 unspecified atom stereocenters. The third-order valence-electron chi connectivity index (χ3n) is 1.33. The Balaban J connectivity index is 2.49. The molecule has 9 heteroatoms. The SMILES string of the molecule is Cn1nnnc1C1(S)N=NN=N1. The largest absolute Gasteiger partial charge is 0.298 e. The van der Waals surface area contributed by atoms with E-state index in [4.69, 9.17) is 0 Å². The zero-order valence-corrected chi connectivity index (χ0v) is 6.92. The van der Waals surface area contributed by atoms with Crippen molar-refractivity contribution in [2.24, 2.45) is 27.7 Å². The minimum absolute atomic E-state index is 0.385. The van der Waals surface area contributed by atoms with E-state index in [1.165, 1.54) is 4.68 Å². The highest BCUT2D eigenvalue weighted by Gasteiger charge is 2.36. The van der Waals surface area contributed by atoms with Crippen LogP contribution in [0.5, 0.6) is 0 Å². The number of thiol groups is 1. The van der Waals surface area contributed by atoms with Gasteiger partial charge >= 0.3 is 0 Å². The lowest BCUT2D eigenvalue weighted by Gasteiger charge is -2.08. The van der Waals surface area contributed by atoms with E-state index in [0.717, 1.165) is 0 Å². The monoisotopic (exact) mass is 184 g/mol. The van der Waals surface area contributed by atoms with Crippen LogP contribution in [-0.2, 0) is 12.0 Å². The number of tetrazole rings is 1. The van der Waals surface area contributed by atoms with E-state index in [-0.39, 0.29) is 0 Å². The Hall–Kier alpha value is -1.38. The second-order valence-corrected chi connectivity index (χ2v) is 2.76. The smallest absolute Gasteiger partial charge is 0.228 e. The fourth-order valence-electron chi connectivity index (χ4n) is 0.788. The van der Waals surface area contributed by atoms with Gasteiger partial charge in [0, 0.05) is 7.05 Å². The second-order valence-electron chi connectivity index (χ2n) is 2.14. The van der Waals surface area contributed by atoms with E-state index in [1.807, 2.05) is 0 Å². The molecule has 1 aromatic rings. The van der Waals surface area contributed by atoms with E-state index in [0.29, 0.717) is 5.82 Å². The number of aromatic nitrogens is 4. The van der Waals surface area contributed by atoms with Gasteiger partial charge in [-0.2, -0.15) is 0 Å². The van der Waals surface area contributed by atoms with Gasteiger partial charge in [-0.25, -0.2) is 4.68 Å². The molecule has 0 spiro atoms. The van der Waals surface area contributed by atoms with Gasteiger partial charge in [-0.05, 0) is 20.9 Å². The Labute approximate surface area is 72.2 Å². The highest BCUT2D eigenvalue weighted by atomic mass is 32.1. The highest BCUT2D eigenvalue weighted by Crippen LogP contribution is 2.33. The molecule has 0 N–H and O–H groups in total. The van der Waals surface area contributed by atoms with E-state index in [1.54, 1.807) is 7.05 Å². The van der Waals surface area contributed by atoms with E-state index >= 15 is 0 Å². The van der Waals surface area contributed by atoms with Crippen molar-refractivity contribution in [2.45, 2.75) is 4.99 Å². The molecule has 0 saturated carbocycles. The van der Waals surface area contributed by atoms with Crippen LogP contribution < -0.4 is 0 Å². The van der Waals surface area contributed by atoms with Gasteiger partial charge in [0.05, 0.1) is 0 Å². The summed E-state index contributed by atoms with van der Waals surface area (Å²) in [7, 11) is 1.66. The summed E-state index contributed by atoms with van der Waals surface area (Å²) in [5.41, 5.74) is 0. The van der Waals surface area contributed by atoms with Crippen molar-refractivity contribution < 1.29 is 0 Å². The second kappa shape index (κ2) is 2.30. The van der Waals surface area contributed by atoms with Gasteiger partial charge < -0.3 is 0 Å². The van der Waals surface area contributed by atoms with Crippen molar-refractivity contribution in [3.63, 3.8) is 0 Å². The first kappa shape index (κ1) is 7.28. The summed E-state index contributed by atoms with van der Waals surface area (Å²) in [5.74, 6) is 0.385. The first-order chi connectivity index (χ1) is 5.72. The molecule has 0 aromatic carbocycles. The van der Waals surface area contributed by atoms with Crippen molar-refractivity contribution in [1.82, 2.24) is 20.2 Å². The van der Waals surface area contributed by atoms with Gasteiger partial charge in [0.2, 0.25) is 5.82 Å². The molecular weight excluding hydrogens is 180 g/mol. The molecule has 2 rings (SSSR count). The Bertz CT molecular complexity index is 339. The number of rotatable bonds is 1. The minimum Gasteiger partial charge on any atom is -0.228 e. The maximum atomic E-state index is 4.12. The molecule has 1 aromatic heterocycles. The Kier molecular flexibility index (Phi) is 1.40. The Morgan fingerprint density at radius 1 is 1.33 bits per heavy atom. The third-order valence-corrected chi connectivity index (χ3v) is 1.71. The summed E-state index contributed by atoms with van der Waals surface area (Å²) in [6.45, 7) is 0. The molecule has 2 heterocycles. The van der Waals surface area contributed by atoms with Crippen LogP contribution in [0, 0.1) is 0 Å². The van der Waals surface area contributed by atoms with Gasteiger partial charge in [-0.1, -0.05) is 0 Å². The fraction of sp³-hybridized carbons (Fsp3) is 0.667. The van der Waals surface area contributed by atoms with Crippen LogP contribution in [0.4, 0.5) is 0 Å². The van der Waals surface area contributed by atoms with Crippen molar-refractivity contribution in [3.05, 3.63) is 5.82 Å². The highest BCUT2D eigenvalue weighted by molar-refractivity contribution is 7.81. The molecule has 0 saturated heterocycles. The van der Waals surface area contributed by atoms with Gasteiger partial charge in [0.25, 0.3) is 4.99 Å². The molecule has 0 amide bonds. The standard InChI is InChI=1S/C3H4N8S/c1-11-2(4-7-10-11)3(12)5-8-9-6-3/h12H,1H3. The molecule has 0 radical (unpaired) electrons. The van der Waals surface area contributed by atoms with Crippen molar-refractivity contribution in [2.75, 3.05) is 0 Å². The van der Waals surface area contributed by atoms with Gasteiger partial charge in [-0.3, -0.25) is 0 Å². The van der Waals surface area contributed by atoms with Crippen LogP contribution in [0.25, 0.3) is 0 Å². The number of hydrogen-bond donors (Lipinski definition) is 1. The zero-order chi connectivity index (χ0) is 8.60. The average molecular weight is 184 g/mol. The quantitative estimate of drug-likeness (QED) is 0.626. The molecule has 0 fully saturated rings. The van der Waals surface area contributed by atoms with Crippen LogP contribution in [-0.4, -0.2) is 20.2 Å². The summed E-state index contributed by atoms with van der Waals surface area (Å²) in [6.07, 6.45) is 0. The maximum absolute atomic E-state index is 4.12. The van der Waals surface area contributed by atoms with Crippen molar-refractivity contribution in [3.8, 4) is 0 Å². The van der Waals surface area contributed by atoms with Crippen LogP contribution in [0.3, 0.4) is 0 Å². The lowest BCUT2D eigenvalue weighted by molar-refractivity contribution is 0.579. The first-order valence-corrected chi connectivity index (χ1v) is 3.46. The number of hydrogen-bond acceptors (Lipinski definition) is 8. The zero-order valence-electron chi connectivity index (χ0n) is 6.02. The van der Waals surface area contributed by atoms with Crippen molar-refractivity contribution in [1.29, 1.82) is 0 Å². The van der Waals surface area contributed by atoms with E-state index in [9.17, 15) is 0 Å². The molecule has 0 bridgehead atoms. The van der Waals surface area contributed by atoms with E-state index in [2.05, 4.69) is 48.8 Å². The van der Waals surface area contributed by atoms with Crippen molar-refractivity contribution >= 4 is 12.6 Å². The molecule has 0 atom stereocenters. The summed E-state index contributed by atoms with van der Waals surface area (Å²) in [5, 5.41) is 24.7. The number of nitrogens with zero attached hydrogens (tertiary/aromatic N) is 8. The van der Waals surface area contributed by atoms with Crippen LogP contribution in [0.2, 0.25) is 0 Å². The maximum Gasteiger partial charge on any atom is 0.298 e. The fourth-order valence-corrected chi connectivity index (χ4v) is 1.06. The van der Waals surface area contributed by atoms with Gasteiger partial charge in [0.15, 0.2) is 0 Å². The summed E-state index contributed by atoms with van der Waals surface area (Å²) in [6, 6.07) is 0. The summed E-state index contributed by atoms with van der Waals surface area (Å²) < 4.78 is 1.41. The van der Waals surface area contributed by atoms with Crippen LogP contribution in [0.15, 0.2) is 20.7 Å². The summed E-state index contributed by atoms with van der Waals surface area (Å²) >= 11 is 4.12. The molecular formula is C3H4N8S. The van der Waals surface area contributed by atoms with E-state index < -0.39 is 4.99 Å². The van der Waals surface area contributed by atoms with Crippen LogP contribution >= 0.6 is 12.6 Å². The molecule has 1 aliphatic rings. The van der Waals surface area contributed by atoms with Gasteiger partial charge in [-0.15, -0.1) is 28.0 Å². The molecule has 8 nitrogen and oxygen atoms in total. The predicted octanol–water partition coefficient (Wildman–Crippen LogP) is 0.0832. The third kappa shape index (κ3) is 0.897. The molecule has 62 valence electrons. The lowest BCUT2D eigenvalue weighted by Crippen LogP contribution is -2.16. The Morgan fingerprint density at radius 3 is 2.50 bits per heavy atom. The normalized spacial score (nSPS) is 18.8. The molecule has 1 aliphatic heterocycles.